The van der Waals surface area contributed by atoms with Crippen LogP contribution in [0.25, 0.3) is 0 Å². The van der Waals surface area contributed by atoms with Gasteiger partial charge in [-0.05, 0) is 57.8 Å². The number of hydrogen-bond acceptors (Lipinski definition) is 5. The van der Waals surface area contributed by atoms with Gasteiger partial charge in [0.1, 0.15) is 0 Å². The Morgan fingerprint density at radius 1 is 0.310 bits per heavy atom. The smallest absolute Gasteiger partial charge is 0.305 e. The Bertz CT molecular complexity index is 1360. The van der Waals surface area contributed by atoms with Crippen molar-refractivity contribution in [3.8, 4) is 0 Å². The zero-order chi connectivity index (χ0) is 62.8. The fourth-order valence-corrected chi connectivity index (χ4v) is 12.9. The normalized spacial score (nSPS) is 12.6. The van der Waals surface area contributed by atoms with Crippen LogP contribution in [-0.4, -0.2) is 47.4 Å². The number of hydrogen-bond donors (Lipinski definition) is 3. The molecule has 0 heterocycles. The molecule has 6 nitrogen and oxygen atoms in total. The molecule has 3 N–H and O–H groups in total. The fourth-order valence-electron chi connectivity index (χ4n) is 12.9. The highest BCUT2D eigenvalue weighted by Crippen LogP contribution is 2.20. The molecule has 0 aromatic carbocycles. The Morgan fingerprint density at radius 3 is 0.816 bits per heavy atom. The number of carbonyl (C=O) groups excluding carboxylic acids is 2. The first kappa shape index (κ1) is 85.3. The van der Waals surface area contributed by atoms with E-state index in [9.17, 15) is 19.8 Å². The van der Waals surface area contributed by atoms with Crippen LogP contribution in [0, 0.1) is 0 Å². The summed E-state index contributed by atoms with van der Waals surface area (Å²) >= 11 is 0. The van der Waals surface area contributed by atoms with E-state index in [0.29, 0.717) is 19.4 Å². The summed E-state index contributed by atoms with van der Waals surface area (Å²) in [5.74, 6) is -0.0338. The van der Waals surface area contributed by atoms with Crippen LogP contribution in [0.1, 0.15) is 457 Å². The van der Waals surface area contributed by atoms with Crippen LogP contribution in [0.15, 0.2) is 24.3 Å². The molecule has 516 valence electrons. The molecule has 2 unspecified atom stereocenters. The summed E-state index contributed by atoms with van der Waals surface area (Å²) in [6.07, 6.45) is 98.9. The zero-order valence-electron chi connectivity index (χ0n) is 59.3. The third-order valence-electron chi connectivity index (χ3n) is 19.0. The van der Waals surface area contributed by atoms with Crippen molar-refractivity contribution < 1.29 is 24.5 Å². The van der Waals surface area contributed by atoms with Gasteiger partial charge in [-0.2, -0.15) is 0 Å². The second kappa shape index (κ2) is 76.8. The highest BCUT2D eigenvalue weighted by molar-refractivity contribution is 5.76. The monoisotopic (exact) mass is 1220 g/mol. The summed E-state index contributed by atoms with van der Waals surface area (Å²) in [6, 6.07) is -0.624. The van der Waals surface area contributed by atoms with Crippen molar-refractivity contribution in [3.05, 3.63) is 24.3 Å². The van der Waals surface area contributed by atoms with E-state index in [2.05, 4.69) is 31.3 Å². The minimum Gasteiger partial charge on any atom is -0.466 e. The number of nitrogens with one attached hydrogen (secondary N) is 1. The highest BCUT2D eigenvalue weighted by atomic mass is 16.5. The lowest BCUT2D eigenvalue weighted by molar-refractivity contribution is -0.143. The number of rotatable bonds is 76. The summed E-state index contributed by atoms with van der Waals surface area (Å²) < 4.78 is 5.52. The van der Waals surface area contributed by atoms with Crippen LogP contribution in [0.2, 0.25) is 0 Å². The summed E-state index contributed by atoms with van der Waals surface area (Å²) in [7, 11) is 0. The van der Waals surface area contributed by atoms with Gasteiger partial charge in [0.05, 0.1) is 25.4 Å². The van der Waals surface area contributed by atoms with Crippen molar-refractivity contribution in [2.45, 2.75) is 469 Å². The van der Waals surface area contributed by atoms with Gasteiger partial charge in [-0.25, -0.2) is 0 Å². The molecule has 87 heavy (non-hydrogen) atoms. The molecule has 0 bridgehead atoms. The van der Waals surface area contributed by atoms with Crippen LogP contribution >= 0.6 is 0 Å². The van der Waals surface area contributed by atoms with E-state index in [1.165, 1.54) is 392 Å². The van der Waals surface area contributed by atoms with E-state index in [4.69, 9.17) is 4.74 Å². The number of carbonyl (C=O) groups is 2. The second-order valence-electron chi connectivity index (χ2n) is 27.8. The first-order chi connectivity index (χ1) is 43.0. The average molecular weight is 1230 g/mol. The largest absolute Gasteiger partial charge is 0.466 e. The Labute approximate surface area is 545 Å². The van der Waals surface area contributed by atoms with Gasteiger partial charge in [0.15, 0.2) is 0 Å². The van der Waals surface area contributed by atoms with Gasteiger partial charge in [-0.1, -0.05) is 411 Å². The van der Waals surface area contributed by atoms with Crippen LogP contribution in [0.5, 0.6) is 0 Å². The molecule has 0 aliphatic heterocycles. The lowest BCUT2D eigenvalue weighted by Gasteiger charge is -2.20. The Hall–Kier alpha value is -1.66. The predicted octanol–water partition coefficient (Wildman–Crippen LogP) is 26.4. The van der Waals surface area contributed by atoms with Crippen LogP contribution < -0.4 is 5.32 Å². The number of esters is 1. The van der Waals surface area contributed by atoms with E-state index in [-0.39, 0.29) is 18.5 Å². The lowest BCUT2D eigenvalue weighted by atomic mass is 10.0. The van der Waals surface area contributed by atoms with Crippen molar-refractivity contribution in [1.82, 2.24) is 5.32 Å². The van der Waals surface area contributed by atoms with Gasteiger partial charge in [-0.3, -0.25) is 9.59 Å². The first-order valence-corrected chi connectivity index (χ1v) is 40.1. The number of aliphatic hydroxyl groups excluding tert-OH is 2. The van der Waals surface area contributed by atoms with Crippen LogP contribution in [0.3, 0.4) is 0 Å². The quantitative estimate of drug-likeness (QED) is 0.0320. The number of unbranched alkanes of at least 4 members (excludes halogenated alkanes) is 63. The van der Waals surface area contributed by atoms with Gasteiger partial charge >= 0.3 is 5.97 Å². The Balaban J connectivity index is 3.31. The van der Waals surface area contributed by atoms with Gasteiger partial charge in [0.25, 0.3) is 0 Å². The molecule has 6 heteroatoms. The summed E-state index contributed by atoms with van der Waals surface area (Å²) in [5, 5.41) is 23.2. The minimum absolute atomic E-state index is 0.0272. The molecule has 0 saturated carbocycles. The minimum atomic E-state index is -0.841. The molecule has 2 atom stereocenters. The van der Waals surface area contributed by atoms with Gasteiger partial charge in [0, 0.05) is 12.8 Å². The molecule has 0 spiro atoms. The molecule has 0 fully saturated rings. The molecule has 0 aliphatic carbocycles. The Morgan fingerprint density at radius 2 is 0.540 bits per heavy atom. The van der Waals surface area contributed by atoms with E-state index < -0.39 is 12.1 Å². The summed E-state index contributed by atoms with van der Waals surface area (Å²) in [4.78, 5) is 24.6. The predicted molar refractivity (Wildman–Crippen MR) is 384 cm³/mol. The van der Waals surface area contributed by atoms with Crippen LogP contribution in [0.4, 0.5) is 0 Å². The van der Waals surface area contributed by atoms with E-state index in [0.717, 1.165) is 38.5 Å². The second-order valence-corrected chi connectivity index (χ2v) is 27.8. The first-order valence-electron chi connectivity index (χ1n) is 40.1. The van der Waals surface area contributed by atoms with Crippen molar-refractivity contribution in [3.63, 3.8) is 0 Å². The van der Waals surface area contributed by atoms with Crippen molar-refractivity contribution in [1.29, 1.82) is 0 Å². The van der Waals surface area contributed by atoms with Crippen molar-refractivity contribution >= 4 is 11.9 Å². The van der Waals surface area contributed by atoms with E-state index in [1.807, 2.05) is 6.08 Å². The molecular formula is C81H157NO5. The zero-order valence-corrected chi connectivity index (χ0v) is 59.3. The number of ether oxygens (including phenoxy) is 1. The molecule has 0 saturated heterocycles. The molecular weight excluding hydrogens is 1070 g/mol. The third-order valence-corrected chi connectivity index (χ3v) is 19.0. The van der Waals surface area contributed by atoms with Crippen molar-refractivity contribution in [2.75, 3.05) is 13.2 Å². The lowest BCUT2D eigenvalue weighted by Crippen LogP contribution is -2.45. The topological polar surface area (TPSA) is 95.9 Å². The molecule has 1 amide bonds. The van der Waals surface area contributed by atoms with Gasteiger partial charge in [0.2, 0.25) is 5.91 Å². The Kier molecular flexibility index (Phi) is 75.3. The molecule has 0 aliphatic rings. The summed E-state index contributed by atoms with van der Waals surface area (Å²) in [6.45, 7) is 4.95. The van der Waals surface area contributed by atoms with Crippen LogP contribution in [-0.2, 0) is 14.3 Å². The maximum absolute atomic E-state index is 12.5. The highest BCUT2D eigenvalue weighted by Gasteiger charge is 2.18. The number of allylic oxidation sites excluding steroid dienone is 3. The average Bonchev–Trinajstić information content (AvgIpc) is 3.58. The SMILES string of the molecule is CCCCCCCCCCCCCC/C=C/C(O)C(CO)NC(=O)CCCCCCCCCCCCCCCCCCC/C=C\CCCCCCCCCCCCCCCCCCCCOC(=O)CCCCCCCCCCCCCCCCCCC. The number of amides is 1. The molecule has 0 aromatic rings. The van der Waals surface area contributed by atoms with Crippen molar-refractivity contribution in [2.24, 2.45) is 0 Å². The standard InChI is InChI=1S/C81H157NO5/c1-3-5-7-9-11-13-15-17-19-43-47-51-55-59-63-67-71-75-81(86)87-76-72-68-64-60-56-52-48-45-42-40-38-36-34-32-30-28-26-24-22-20-21-23-25-27-29-31-33-35-37-39-41-44-46-50-54-58-62-66-70-74-80(85)82-78(77-83)79(84)73-69-65-61-57-53-49-18-16-14-12-10-8-6-4-2/h20-21,69,73,78-79,83-84H,3-19,22-68,70-72,74-77H2,1-2H3,(H,82,85)/b21-20-,73-69+. The summed E-state index contributed by atoms with van der Waals surface area (Å²) in [5.41, 5.74) is 0. The molecule has 0 aromatic heterocycles. The maximum atomic E-state index is 12.5. The fraction of sp³-hybridized carbons (Fsp3) is 0.926. The third kappa shape index (κ3) is 73.3. The van der Waals surface area contributed by atoms with Gasteiger partial charge in [-0.15, -0.1) is 0 Å². The molecule has 0 rings (SSSR count). The number of aliphatic hydroxyl groups is 2. The molecule has 0 radical (unpaired) electrons. The van der Waals surface area contributed by atoms with E-state index in [1.54, 1.807) is 6.08 Å². The maximum Gasteiger partial charge on any atom is 0.305 e. The van der Waals surface area contributed by atoms with E-state index >= 15 is 0 Å². The van der Waals surface area contributed by atoms with Gasteiger partial charge < -0.3 is 20.3 Å².